The van der Waals surface area contributed by atoms with Gasteiger partial charge in [0.2, 0.25) is 0 Å². The minimum absolute atomic E-state index is 0.234. The molecular formula is C14H19F2N. The molecule has 0 radical (unpaired) electrons. The van der Waals surface area contributed by atoms with Crippen molar-refractivity contribution in [2.24, 2.45) is 5.92 Å². The average molecular weight is 239 g/mol. The van der Waals surface area contributed by atoms with E-state index in [2.05, 4.69) is 5.32 Å². The van der Waals surface area contributed by atoms with E-state index in [0.29, 0.717) is 12.5 Å². The molecule has 0 saturated heterocycles. The first-order valence-electron chi connectivity index (χ1n) is 6.32. The summed E-state index contributed by atoms with van der Waals surface area (Å²) in [5.74, 6) is -0.0553. The van der Waals surface area contributed by atoms with Crippen molar-refractivity contribution in [2.75, 3.05) is 7.05 Å². The van der Waals surface area contributed by atoms with Crippen LogP contribution in [0.5, 0.6) is 0 Å². The predicted molar refractivity (Wildman–Crippen MR) is 64.9 cm³/mol. The quantitative estimate of drug-likeness (QED) is 0.803. The first kappa shape index (κ1) is 12.5. The number of rotatable bonds is 6. The first-order chi connectivity index (χ1) is 8.22. The summed E-state index contributed by atoms with van der Waals surface area (Å²) in [4.78, 5) is 0. The van der Waals surface area contributed by atoms with E-state index >= 15 is 0 Å². The highest BCUT2D eigenvalue weighted by molar-refractivity contribution is 5.19. The molecule has 0 heterocycles. The van der Waals surface area contributed by atoms with E-state index in [1.807, 2.05) is 7.05 Å². The van der Waals surface area contributed by atoms with Gasteiger partial charge < -0.3 is 5.32 Å². The molecule has 2 rings (SSSR count). The summed E-state index contributed by atoms with van der Waals surface area (Å²) in [6.45, 7) is 0. The molecular weight excluding hydrogens is 220 g/mol. The largest absolute Gasteiger partial charge is 0.317 e. The zero-order valence-electron chi connectivity index (χ0n) is 10.2. The van der Waals surface area contributed by atoms with Crippen molar-refractivity contribution in [1.82, 2.24) is 5.32 Å². The molecule has 17 heavy (non-hydrogen) atoms. The van der Waals surface area contributed by atoms with E-state index < -0.39 is 11.6 Å². The van der Waals surface area contributed by atoms with Gasteiger partial charge in [-0.15, -0.1) is 0 Å². The second-order valence-corrected chi connectivity index (χ2v) is 4.83. The van der Waals surface area contributed by atoms with Gasteiger partial charge in [-0.1, -0.05) is 6.07 Å². The van der Waals surface area contributed by atoms with Crippen LogP contribution in [0, 0.1) is 17.6 Å². The summed E-state index contributed by atoms with van der Waals surface area (Å²) in [5, 5.41) is 3.29. The number of halogens is 2. The standard InChI is InChI=1S/C14H19F2N/c1-17-14(10-8-9-10)7-2-4-11-12(15)5-3-6-13(11)16/h3,5-6,10,14,17H,2,4,7-9H2,1H3. The summed E-state index contributed by atoms with van der Waals surface area (Å²) in [5.41, 5.74) is 0.234. The average Bonchev–Trinajstić information content (AvgIpc) is 3.12. The fourth-order valence-electron chi connectivity index (χ4n) is 2.38. The van der Waals surface area contributed by atoms with Gasteiger partial charge in [-0.2, -0.15) is 0 Å². The number of hydrogen-bond acceptors (Lipinski definition) is 1. The first-order valence-corrected chi connectivity index (χ1v) is 6.32. The Labute approximate surface area is 101 Å². The molecule has 0 amide bonds. The van der Waals surface area contributed by atoms with E-state index in [0.717, 1.165) is 18.8 Å². The van der Waals surface area contributed by atoms with Gasteiger partial charge in [-0.25, -0.2) is 8.78 Å². The Kier molecular flexibility index (Phi) is 4.11. The molecule has 94 valence electrons. The molecule has 1 unspecified atom stereocenters. The van der Waals surface area contributed by atoms with Crippen molar-refractivity contribution in [3.05, 3.63) is 35.4 Å². The third-order valence-corrected chi connectivity index (χ3v) is 3.57. The van der Waals surface area contributed by atoms with E-state index in [4.69, 9.17) is 0 Å². The topological polar surface area (TPSA) is 12.0 Å². The van der Waals surface area contributed by atoms with Crippen molar-refractivity contribution in [2.45, 2.75) is 38.1 Å². The Hall–Kier alpha value is -0.960. The lowest BCUT2D eigenvalue weighted by atomic mass is 10.0. The zero-order chi connectivity index (χ0) is 12.3. The number of nitrogens with one attached hydrogen (secondary N) is 1. The molecule has 0 aliphatic heterocycles. The van der Waals surface area contributed by atoms with Gasteiger partial charge in [0.05, 0.1) is 0 Å². The van der Waals surface area contributed by atoms with Crippen LogP contribution in [-0.2, 0) is 6.42 Å². The number of benzene rings is 1. The molecule has 1 atom stereocenters. The van der Waals surface area contributed by atoms with Crippen molar-refractivity contribution >= 4 is 0 Å². The molecule has 0 spiro atoms. The van der Waals surface area contributed by atoms with Crippen LogP contribution >= 0.6 is 0 Å². The van der Waals surface area contributed by atoms with E-state index in [1.165, 1.54) is 31.0 Å². The Morgan fingerprint density at radius 2 is 1.94 bits per heavy atom. The van der Waals surface area contributed by atoms with Gasteiger partial charge >= 0.3 is 0 Å². The third kappa shape index (κ3) is 3.25. The fraction of sp³-hybridized carbons (Fsp3) is 0.571. The maximum Gasteiger partial charge on any atom is 0.129 e. The molecule has 1 fully saturated rings. The monoisotopic (exact) mass is 239 g/mol. The lowest BCUT2D eigenvalue weighted by molar-refractivity contribution is 0.450. The van der Waals surface area contributed by atoms with Crippen LogP contribution in [0.1, 0.15) is 31.2 Å². The van der Waals surface area contributed by atoms with Gasteiger partial charge in [-0.3, -0.25) is 0 Å². The molecule has 1 nitrogen and oxygen atoms in total. The smallest absolute Gasteiger partial charge is 0.129 e. The van der Waals surface area contributed by atoms with Crippen LogP contribution in [0.2, 0.25) is 0 Å². The van der Waals surface area contributed by atoms with Gasteiger partial charge in [0.1, 0.15) is 11.6 Å². The normalized spacial score (nSPS) is 17.1. The van der Waals surface area contributed by atoms with Crippen LogP contribution in [0.15, 0.2) is 18.2 Å². The predicted octanol–water partition coefficient (Wildman–Crippen LogP) is 3.29. The lowest BCUT2D eigenvalue weighted by Crippen LogP contribution is -2.27. The molecule has 0 aromatic heterocycles. The maximum atomic E-state index is 13.4. The van der Waals surface area contributed by atoms with Crippen LogP contribution in [0.3, 0.4) is 0 Å². The van der Waals surface area contributed by atoms with E-state index in [1.54, 1.807) is 0 Å². The van der Waals surface area contributed by atoms with E-state index in [-0.39, 0.29) is 5.56 Å². The van der Waals surface area contributed by atoms with Crippen molar-refractivity contribution < 1.29 is 8.78 Å². The Morgan fingerprint density at radius 1 is 1.29 bits per heavy atom. The molecule has 0 bridgehead atoms. The minimum atomic E-state index is -0.419. The summed E-state index contributed by atoms with van der Waals surface area (Å²) >= 11 is 0. The minimum Gasteiger partial charge on any atom is -0.317 e. The van der Waals surface area contributed by atoms with Crippen molar-refractivity contribution in [3.63, 3.8) is 0 Å². The highest BCUT2D eigenvalue weighted by atomic mass is 19.1. The summed E-state index contributed by atoms with van der Waals surface area (Å²) < 4.78 is 26.7. The zero-order valence-corrected chi connectivity index (χ0v) is 10.2. The Morgan fingerprint density at radius 3 is 2.47 bits per heavy atom. The summed E-state index contributed by atoms with van der Waals surface area (Å²) in [6.07, 6.45) is 4.90. The second-order valence-electron chi connectivity index (χ2n) is 4.83. The number of hydrogen-bond donors (Lipinski definition) is 1. The SMILES string of the molecule is CNC(CCCc1c(F)cccc1F)C1CC1. The van der Waals surface area contributed by atoms with Crippen LogP contribution in [-0.4, -0.2) is 13.1 Å². The van der Waals surface area contributed by atoms with Gasteiger partial charge in [0.25, 0.3) is 0 Å². The van der Waals surface area contributed by atoms with Crippen molar-refractivity contribution in [3.8, 4) is 0 Å². The van der Waals surface area contributed by atoms with Crippen LogP contribution in [0.25, 0.3) is 0 Å². The Bertz CT molecular complexity index is 354. The Balaban J connectivity index is 1.85. The summed E-state index contributed by atoms with van der Waals surface area (Å²) in [6, 6.07) is 4.59. The highest BCUT2D eigenvalue weighted by Gasteiger charge is 2.29. The van der Waals surface area contributed by atoms with Gasteiger partial charge in [-0.05, 0) is 57.2 Å². The molecule has 1 saturated carbocycles. The molecule has 3 heteroatoms. The molecule has 1 aromatic rings. The molecule has 1 aromatic carbocycles. The third-order valence-electron chi connectivity index (χ3n) is 3.57. The van der Waals surface area contributed by atoms with Gasteiger partial charge in [0, 0.05) is 11.6 Å². The fourth-order valence-corrected chi connectivity index (χ4v) is 2.38. The highest BCUT2D eigenvalue weighted by Crippen LogP contribution is 2.34. The van der Waals surface area contributed by atoms with Crippen LogP contribution < -0.4 is 5.32 Å². The lowest BCUT2D eigenvalue weighted by Gasteiger charge is -2.15. The second kappa shape index (κ2) is 5.58. The molecule has 1 N–H and O–H groups in total. The molecule has 1 aliphatic carbocycles. The van der Waals surface area contributed by atoms with Crippen LogP contribution in [0.4, 0.5) is 8.78 Å². The van der Waals surface area contributed by atoms with Crippen molar-refractivity contribution in [1.29, 1.82) is 0 Å². The van der Waals surface area contributed by atoms with Gasteiger partial charge in [0.15, 0.2) is 0 Å². The van der Waals surface area contributed by atoms with E-state index in [9.17, 15) is 8.78 Å². The molecule has 1 aliphatic rings. The summed E-state index contributed by atoms with van der Waals surface area (Å²) in [7, 11) is 1.96. The maximum absolute atomic E-state index is 13.4.